The molecule has 0 spiro atoms. The highest BCUT2D eigenvalue weighted by Crippen LogP contribution is 2.40. The summed E-state index contributed by atoms with van der Waals surface area (Å²) in [6.45, 7) is 7.06. The first-order chi connectivity index (χ1) is 16.9. The SMILES string of the molecule is CCN(CC)CCCN1C(=O)C(=O)C(=C(O)c2cccc(OC)c2)[C@H]1c1ccc(C(=O)OC)cc1. The lowest BCUT2D eigenvalue weighted by molar-refractivity contribution is -0.140. The third-order valence-corrected chi connectivity index (χ3v) is 6.30. The molecule has 0 aliphatic carbocycles. The molecule has 2 aromatic carbocycles. The molecule has 35 heavy (non-hydrogen) atoms. The third kappa shape index (κ3) is 5.54. The monoisotopic (exact) mass is 480 g/mol. The van der Waals surface area contributed by atoms with Gasteiger partial charge in [-0.25, -0.2) is 4.79 Å². The fourth-order valence-electron chi connectivity index (χ4n) is 4.31. The topological polar surface area (TPSA) is 96.4 Å². The number of hydrogen-bond donors (Lipinski definition) is 1. The van der Waals surface area contributed by atoms with Crippen LogP contribution in [0.3, 0.4) is 0 Å². The maximum absolute atomic E-state index is 13.2. The van der Waals surface area contributed by atoms with E-state index in [-0.39, 0.29) is 11.3 Å². The molecule has 1 heterocycles. The zero-order valence-corrected chi connectivity index (χ0v) is 20.6. The molecule has 8 heteroatoms. The van der Waals surface area contributed by atoms with Crippen LogP contribution in [0.2, 0.25) is 0 Å². The molecule has 2 aromatic rings. The predicted octanol–water partition coefficient (Wildman–Crippen LogP) is 3.64. The molecule has 1 fully saturated rings. The minimum Gasteiger partial charge on any atom is -0.507 e. The van der Waals surface area contributed by atoms with Crippen LogP contribution in [0.1, 0.15) is 47.8 Å². The van der Waals surface area contributed by atoms with Gasteiger partial charge in [0.1, 0.15) is 11.5 Å². The Morgan fingerprint density at radius 2 is 1.71 bits per heavy atom. The van der Waals surface area contributed by atoms with Crippen LogP contribution in [0.25, 0.3) is 5.76 Å². The van der Waals surface area contributed by atoms with Gasteiger partial charge >= 0.3 is 5.97 Å². The Morgan fingerprint density at radius 3 is 2.31 bits per heavy atom. The van der Waals surface area contributed by atoms with Crippen LogP contribution in [0, 0.1) is 0 Å². The second kappa shape index (κ2) is 11.7. The number of amides is 1. The molecule has 0 bridgehead atoms. The first-order valence-corrected chi connectivity index (χ1v) is 11.7. The van der Waals surface area contributed by atoms with Gasteiger partial charge < -0.3 is 24.4 Å². The summed E-state index contributed by atoms with van der Waals surface area (Å²) in [6, 6.07) is 12.4. The average molecular weight is 481 g/mol. The summed E-state index contributed by atoms with van der Waals surface area (Å²) in [4.78, 5) is 41.9. The number of ketones is 1. The number of likely N-dealkylation sites (tertiary alicyclic amines) is 1. The van der Waals surface area contributed by atoms with Crippen LogP contribution >= 0.6 is 0 Å². The summed E-state index contributed by atoms with van der Waals surface area (Å²) in [7, 11) is 2.81. The molecule has 0 radical (unpaired) electrons. The molecule has 186 valence electrons. The van der Waals surface area contributed by atoms with Crippen molar-refractivity contribution < 1.29 is 29.0 Å². The van der Waals surface area contributed by atoms with Crippen molar-refractivity contribution >= 4 is 23.4 Å². The number of aliphatic hydroxyl groups excluding tert-OH is 1. The number of Topliss-reactive ketones (excluding diaryl/α,β-unsaturated/α-hetero) is 1. The van der Waals surface area contributed by atoms with E-state index in [1.54, 1.807) is 48.5 Å². The molecule has 1 aliphatic heterocycles. The lowest BCUT2D eigenvalue weighted by Crippen LogP contribution is -2.33. The van der Waals surface area contributed by atoms with Gasteiger partial charge in [0.05, 0.1) is 31.4 Å². The first-order valence-electron chi connectivity index (χ1n) is 11.7. The van der Waals surface area contributed by atoms with E-state index in [1.807, 2.05) is 0 Å². The van der Waals surface area contributed by atoms with E-state index in [2.05, 4.69) is 18.7 Å². The summed E-state index contributed by atoms with van der Waals surface area (Å²) < 4.78 is 10.0. The Bertz CT molecular complexity index is 1100. The van der Waals surface area contributed by atoms with Crippen molar-refractivity contribution in [2.24, 2.45) is 0 Å². The number of ether oxygens (including phenoxy) is 2. The summed E-state index contributed by atoms with van der Waals surface area (Å²) in [5.74, 6) is -1.63. The van der Waals surface area contributed by atoms with Gasteiger partial charge in [-0.3, -0.25) is 9.59 Å². The van der Waals surface area contributed by atoms with E-state index in [0.717, 1.165) is 19.6 Å². The van der Waals surface area contributed by atoms with E-state index >= 15 is 0 Å². The van der Waals surface area contributed by atoms with Gasteiger partial charge in [-0.05, 0) is 55.9 Å². The van der Waals surface area contributed by atoms with Gasteiger partial charge in [-0.15, -0.1) is 0 Å². The third-order valence-electron chi connectivity index (χ3n) is 6.30. The number of methoxy groups -OCH3 is 2. The number of benzene rings is 2. The molecule has 1 atom stereocenters. The zero-order valence-electron chi connectivity index (χ0n) is 20.6. The van der Waals surface area contributed by atoms with Crippen LogP contribution < -0.4 is 4.74 Å². The van der Waals surface area contributed by atoms with Gasteiger partial charge in [-0.2, -0.15) is 0 Å². The largest absolute Gasteiger partial charge is 0.507 e. The number of carbonyl (C=O) groups is 3. The number of esters is 1. The van der Waals surface area contributed by atoms with Crippen molar-refractivity contribution in [1.29, 1.82) is 0 Å². The highest BCUT2D eigenvalue weighted by molar-refractivity contribution is 6.46. The standard InChI is InChI=1S/C27H32N2O6/c1-5-28(6-2)15-8-16-29-23(18-11-13-19(14-12-18)27(33)35-4)22(25(31)26(29)32)24(30)20-9-7-10-21(17-20)34-3/h7,9-14,17,23,30H,5-6,8,15-16H2,1-4H3/t23-/m1/s1. The normalized spacial score (nSPS) is 17.2. The Morgan fingerprint density at radius 1 is 1.03 bits per heavy atom. The molecule has 1 N–H and O–H groups in total. The van der Waals surface area contributed by atoms with Crippen molar-refractivity contribution in [1.82, 2.24) is 9.80 Å². The summed E-state index contributed by atoms with van der Waals surface area (Å²) in [5.41, 5.74) is 1.35. The van der Waals surface area contributed by atoms with E-state index in [4.69, 9.17) is 9.47 Å². The highest BCUT2D eigenvalue weighted by atomic mass is 16.5. The van der Waals surface area contributed by atoms with E-state index in [1.165, 1.54) is 19.1 Å². The van der Waals surface area contributed by atoms with Gasteiger partial charge in [0.15, 0.2) is 0 Å². The predicted molar refractivity (Wildman–Crippen MR) is 132 cm³/mol. The molecule has 0 aromatic heterocycles. The summed E-state index contributed by atoms with van der Waals surface area (Å²) in [5, 5.41) is 11.2. The average Bonchev–Trinajstić information content (AvgIpc) is 3.15. The number of carbonyl (C=O) groups excluding carboxylic acids is 3. The van der Waals surface area contributed by atoms with E-state index in [9.17, 15) is 19.5 Å². The van der Waals surface area contributed by atoms with Crippen molar-refractivity contribution in [2.75, 3.05) is 40.4 Å². The fraction of sp³-hybridized carbons (Fsp3) is 0.370. The number of nitrogens with zero attached hydrogens (tertiary/aromatic N) is 2. The quantitative estimate of drug-likeness (QED) is 0.240. The van der Waals surface area contributed by atoms with E-state index in [0.29, 0.717) is 35.4 Å². The molecule has 0 unspecified atom stereocenters. The number of rotatable bonds is 10. The van der Waals surface area contributed by atoms with Crippen molar-refractivity contribution in [2.45, 2.75) is 26.3 Å². The maximum atomic E-state index is 13.2. The first kappa shape index (κ1) is 26.0. The van der Waals surface area contributed by atoms with Gasteiger partial charge in [-0.1, -0.05) is 38.1 Å². The summed E-state index contributed by atoms with van der Waals surface area (Å²) >= 11 is 0. The minimum atomic E-state index is -0.787. The lowest BCUT2D eigenvalue weighted by atomic mass is 9.94. The van der Waals surface area contributed by atoms with E-state index < -0.39 is 23.7 Å². The van der Waals surface area contributed by atoms with Crippen LogP contribution in [0.15, 0.2) is 54.1 Å². The van der Waals surface area contributed by atoms with Crippen molar-refractivity contribution in [3.63, 3.8) is 0 Å². The molecule has 1 amide bonds. The zero-order chi connectivity index (χ0) is 25.5. The van der Waals surface area contributed by atoms with Crippen LogP contribution in [0.5, 0.6) is 5.75 Å². The Hall–Kier alpha value is -3.65. The smallest absolute Gasteiger partial charge is 0.337 e. The highest BCUT2D eigenvalue weighted by Gasteiger charge is 2.45. The molecule has 1 saturated heterocycles. The van der Waals surface area contributed by atoms with Crippen molar-refractivity contribution in [3.05, 3.63) is 70.8 Å². The number of hydrogen-bond acceptors (Lipinski definition) is 7. The van der Waals surface area contributed by atoms with Crippen LogP contribution in [-0.4, -0.2) is 73.0 Å². The second-order valence-corrected chi connectivity index (χ2v) is 8.22. The maximum Gasteiger partial charge on any atom is 0.337 e. The Balaban J connectivity index is 2.05. The molecule has 8 nitrogen and oxygen atoms in total. The Kier molecular flexibility index (Phi) is 8.65. The van der Waals surface area contributed by atoms with Gasteiger partial charge in [0, 0.05) is 12.1 Å². The molecular weight excluding hydrogens is 448 g/mol. The molecule has 1 aliphatic rings. The molecule has 0 saturated carbocycles. The number of aliphatic hydroxyl groups is 1. The fourth-order valence-corrected chi connectivity index (χ4v) is 4.31. The second-order valence-electron chi connectivity index (χ2n) is 8.22. The summed E-state index contributed by atoms with van der Waals surface area (Å²) in [6.07, 6.45) is 0.671. The Labute approximate surface area is 205 Å². The van der Waals surface area contributed by atoms with Crippen molar-refractivity contribution in [3.8, 4) is 5.75 Å². The lowest BCUT2D eigenvalue weighted by Gasteiger charge is -2.27. The van der Waals surface area contributed by atoms with Crippen LogP contribution in [0.4, 0.5) is 0 Å². The molecule has 3 rings (SSSR count). The van der Waals surface area contributed by atoms with Gasteiger partial charge in [0.25, 0.3) is 11.7 Å². The molecular formula is C27H32N2O6. The van der Waals surface area contributed by atoms with Crippen LogP contribution in [-0.2, 0) is 14.3 Å². The van der Waals surface area contributed by atoms with Gasteiger partial charge in [0.2, 0.25) is 0 Å². The minimum absolute atomic E-state index is 0.0110.